The molecule has 0 atom stereocenters. The summed E-state index contributed by atoms with van der Waals surface area (Å²) in [5, 5.41) is 8.52. The molecule has 0 saturated carbocycles. The molecule has 0 aromatic heterocycles. The van der Waals surface area contributed by atoms with Gasteiger partial charge in [0, 0.05) is 25.9 Å². The van der Waals surface area contributed by atoms with E-state index >= 15 is 0 Å². The van der Waals surface area contributed by atoms with E-state index in [1.54, 1.807) is 6.07 Å². The third kappa shape index (κ3) is 9.87. The molecule has 3 amide bonds. The molecular weight excluding hydrogens is 612 g/mol. The van der Waals surface area contributed by atoms with Crippen molar-refractivity contribution in [1.29, 1.82) is 0 Å². The smallest absolute Gasteiger partial charge is 0.416 e. The molecule has 2 aromatic carbocycles. The molecule has 10 nitrogen and oxygen atoms in total. The first-order valence-electron chi connectivity index (χ1n) is 10.6. The highest BCUT2D eigenvalue weighted by atomic mass is 127. The molecule has 0 fully saturated rings. The van der Waals surface area contributed by atoms with Crippen LogP contribution in [0.3, 0.4) is 0 Å². The van der Waals surface area contributed by atoms with E-state index in [-0.39, 0.29) is 23.7 Å². The number of ether oxygens (including phenoxy) is 3. The predicted octanol–water partition coefficient (Wildman–Crippen LogP) is 2.94. The summed E-state index contributed by atoms with van der Waals surface area (Å²) < 4.78 is 54.8. The van der Waals surface area contributed by atoms with Gasteiger partial charge in [0.2, 0.25) is 0 Å². The highest BCUT2D eigenvalue weighted by Crippen LogP contribution is 2.34. The van der Waals surface area contributed by atoms with E-state index in [1.807, 2.05) is 22.6 Å². The lowest BCUT2D eigenvalue weighted by Gasteiger charge is -2.14. The number of carbonyl (C=O) groups excluding carboxylic acids is 3. The lowest BCUT2D eigenvalue weighted by atomic mass is 10.2. The van der Waals surface area contributed by atoms with Crippen LogP contribution in [0, 0.1) is 3.57 Å². The van der Waals surface area contributed by atoms with Crippen LogP contribution < -0.4 is 25.5 Å². The van der Waals surface area contributed by atoms with Gasteiger partial charge < -0.3 is 24.8 Å². The largest absolute Gasteiger partial charge is 0.493 e. The van der Waals surface area contributed by atoms with Gasteiger partial charge in [-0.15, -0.1) is 0 Å². The average Bonchev–Trinajstić information content (AvgIpc) is 2.85. The van der Waals surface area contributed by atoms with E-state index in [2.05, 4.69) is 21.2 Å². The van der Waals surface area contributed by atoms with E-state index in [9.17, 15) is 27.6 Å². The number of hydrazone groups is 1. The number of carbonyl (C=O) groups is 3. The minimum Gasteiger partial charge on any atom is -0.493 e. The Morgan fingerprint density at radius 3 is 2.54 bits per heavy atom. The number of halogens is 4. The van der Waals surface area contributed by atoms with Crippen molar-refractivity contribution in [3.05, 3.63) is 51.1 Å². The van der Waals surface area contributed by atoms with Crippen molar-refractivity contribution >= 4 is 52.2 Å². The molecule has 0 radical (unpaired) electrons. The topological polar surface area (TPSA) is 127 Å². The molecule has 0 aliphatic heterocycles. The van der Waals surface area contributed by atoms with Crippen LogP contribution in [0.2, 0.25) is 0 Å². The third-order valence-electron chi connectivity index (χ3n) is 4.47. The Balaban J connectivity index is 1.96. The van der Waals surface area contributed by atoms with Gasteiger partial charge in [0.05, 0.1) is 22.5 Å². The molecule has 0 saturated heterocycles. The molecule has 37 heavy (non-hydrogen) atoms. The molecule has 0 unspecified atom stereocenters. The number of anilines is 1. The van der Waals surface area contributed by atoms with Gasteiger partial charge in [-0.25, -0.2) is 5.43 Å². The van der Waals surface area contributed by atoms with Gasteiger partial charge in [-0.1, -0.05) is 6.07 Å². The van der Waals surface area contributed by atoms with Crippen LogP contribution in [0.1, 0.15) is 17.5 Å². The van der Waals surface area contributed by atoms with Gasteiger partial charge in [-0.3, -0.25) is 14.4 Å². The quantitative estimate of drug-likeness (QED) is 0.115. The molecule has 0 heterocycles. The number of hydrogen-bond donors (Lipinski definition) is 3. The molecule has 14 heteroatoms. The Morgan fingerprint density at radius 1 is 1.11 bits per heavy atom. The molecule has 0 spiro atoms. The maximum Gasteiger partial charge on any atom is 0.416 e. The van der Waals surface area contributed by atoms with Crippen LogP contribution in [0.4, 0.5) is 18.9 Å². The second-order valence-electron chi connectivity index (χ2n) is 7.25. The minimum atomic E-state index is -4.54. The van der Waals surface area contributed by atoms with E-state index in [1.165, 1.54) is 38.6 Å². The molecule has 3 N–H and O–H groups in total. The normalized spacial score (nSPS) is 11.2. The first kappa shape index (κ1) is 29.8. The number of amides is 3. The Hall–Kier alpha value is -3.40. The van der Waals surface area contributed by atoms with Gasteiger partial charge in [0.25, 0.3) is 5.91 Å². The molecule has 0 bridgehead atoms. The first-order chi connectivity index (χ1) is 17.5. The maximum absolute atomic E-state index is 12.9. The SMILES string of the molecule is COCCCNC(=O)C(=O)NN=Cc1cc(I)c(OCC(=O)Nc2cccc(C(F)(F)F)c2)c(OC)c1. The van der Waals surface area contributed by atoms with E-state index in [0.717, 1.165) is 12.1 Å². The number of hydrogen-bond acceptors (Lipinski definition) is 7. The van der Waals surface area contributed by atoms with Crippen molar-refractivity contribution < 1.29 is 41.8 Å². The summed E-state index contributed by atoms with van der Waals surface area (Å²) >= 11 is 1.93. The van der Waals surface area contributed by atoms with E-state index < -0.39 is 36.1 Å². The number of methoxy groups -OCH3 is 2. The van der Waals surface area contributed by atoms with Crippen LogP contribution in [-0.2, 0) is 25.3 Å². The second kappa shape index (κ2) is 14.4. The number of rotatable bonds is 11. The summed E-state index contributed by atoms with van der Waals surface area (Å²) in [7, 11) is 2.90. The number of benzene rings is 2. The third-order valence-corrected chi connectivity index (χ3v) is 5.27. The lowest BCUT2D eigenvalue weighted by Crippen LogP contribution is -2.38. The van der Waals surface area contributed by atoms with Gasteiger partial charge >= 0.3 is 18.0 Å². The van der Waals surface area contributed by atoms with Crippen molar-refractivity contribution in [3.8, 4) is 11.5 Å². The summed E-state index contributed by atoms with van der Waals surface area (Å²) in [5.74, 6) is -2.00. The van der Waals surface area contributed by atoms with Crippen LogP contribution in [0.5, 0.6) is 11.5 Å². The number of nitrogens with one attached hydrogen (secondary N) is 3. The molecule has 2 aromatic rings. The summed E-state index contributed by atoms with van der Waals surface area (Å²) in [5.41, 5.74) is 1.68. The average molecular weight is 636 g/mol. The summed E-state index contributed by atoms with van der Waals surface area (Å²) in [6, 6.07) is 7.36. The Kier molecular flexibility index (Phi) is 11.6. The van der Waals surface area contributed by atoms with Crippen molar-refractivity contribution in [3.63, 3.8) is 0 Å². The fraction of sp³-hybridized carbons (Fsp3) is 0.304. The van der Waals surface area contributed by atoms with Crippen molar-refractivity contribution in [2.45, 2.75) is 12.6 Å². The summed E-state index contributed by atoms with van der Waals surface area (Å²) in [4.78, 5) is 35.7. The first-order valence-corrected chi connectivity index (χ1v) is 11.7. The standard InChI is InChI=1S/C23H24F3IN4O6/c1-35-8-4-7-28-21(33)22(34)31-29-12-14-9-17(27)20(18(10-14)36-2)37-13-19(32)30-16-6-3-5-15(11-16)23(24,25)26/h3,5-6,9-12H,4,7-8,13H2,1-2H3,(H,28,33)(H,30,32)(H,31,34). The van der Waals surface area contributed by atoms with E-state index in [0.29, 0.717) is 22.2 Å². The predicted molar refractivity (Wildman–Crippen MR) is 137 cm³/mol. The molecule has 0 aliphatic carbocycles. The van der Waals surface area contributed by atoms with Crippen molar-refractivity contribution in [2.75, 3.05) is 39.3 Å². The highest BCUT2D eigenvalue weighted by molar-refractivity contribution is 14.1. The van der Waals surface area contributed by atoms with Gasteiger partial charge in [0.1, 0.15) is 0 Å². The summed E-state index contributed by atoms with van der Waals surface area (Å²) in [6.07, 6.45) is -2.70. The van der Waals surface area contributed by atoms with Gasteiger partial charge in [0.15, 0.2) is 18.1 Å². The molecule has 200 valence electrons. The van der Waals surface area contributed by atoms with Crippen LogP contribution in [0.25, 0.3) is 0 Å². The zero-order chi connectivity index (χ0) is 27.4. The Labute approximate surface area is 224 Å². The fourth-order valence-corrected chi connectivity index (χ4v) is 3.56. The molecule has 2 rings (SSSR count). The Bertz CT molecular complexity index is 1140. The van der Waals surface area contributed by atoms with E-state index in [4.69, 9.17) is 14.2 Å². The number of alkyl halides is 3. The van der Waals surface area contributed by atoms with Crippen molar-refractivity contribution in [2.24, 2.45) is 5.10 Å². The minimum absolute atomic E-state index is 0.0256. The second-order valence-corrected chi connectivity index (χ2v) is 8.41. The molecule has 0 aliphatic rings. The monoisotopic (exact) mass is 636 g/mol. The Morgan fingerprint density at radius 2 is 1.86 bits per heavy atom. The number of nitrogens with zero attached hydrogens (tertiary/aromatic N) is 1. The lowest BCUT2D eigenvalue weighted by molar-refractivity contribution is -0.139. The van der Waals surface area contributed by atoms with Gasteiger partial charge in [-0.2, -0.15) is 18.3 Å². The zero-order valence-electron chi connectivity index (χ0n) is 19.8. The highest BCUT2D eigenvalue weighted by Gasteiger charge is 2.30. The van der Waals surface area contributed by atoms with Gasteiger partial charge in [-0.05, 0) is 64.9 Å². The van der Waals surface area contributed by atoms with Crippen molar-refractivity contribution in [1.82, 2.24) is 10.7 Å². The van der Waals surface area contributed by atoms with Crippen LogP contribution in [0.15, 0.2) is 41.5 Å². The maximum atomic E-state index is 12.9. The summed E-state index contributed by atoms with van der Waals surface area (Å²) in [6.45, 7) is 0.227. The van der Waals surface area contributed by atoms with Crippen LogP contribution in [-0.4, -0.2) is 57.9 Å². The zero-order valence-corrected chi connectivity index (χ0v) is 21.9. The fourth-order valence-electron chi connectivity index (χ4n) is 2.78. The van der Waals surface area contributed by atoms with Crippen LogP contribution >= 0.6 is 22.6 Å². The molecular formula is C23H24F3IN4O6.